The van der Waals surface area contributed by atoms with Crippen molar-refractivity contribution < 1.29 is 9.63 Å². The van der Waals surface area contributed by atoms with Crippen molar-refractivity contribution in [3.05, 3.63) is 11.7 Å². The summed E-state index contributed by atoms with van der Waals surface area (Å²) in [5, 5.41) is 13.3. The van der Waals surface area contributed by atoms with Crippen LogP contribution in [0.5, 0.6) is 0 Å². The van der Waals surface area contributed by atoms with E-state index >= 15 is 0 Å². The first-order chi connectivity index (χ1) is 7.74. The van der Waals surface area contributed by atoms with E-state index in [1.807, 2.05) is 6.92 Å². The molecule has 5 nitrogen and oxygen atoms in total. The normalized spacial score (nSPS) is 26.4. The standard InChI is InChI=1S/C11H19N3O2/c1-3-11-12-10(13-16-11)6-14-5-4-8(2)9(14)7-15/h8-9,15H,3-7H2,1-2H3. The van der Waals surface area contributed by atoms with Gasteiger partial charge in [-0.3, -0.25) is 4.90 Å². The lowest BCUT2D eigenvalue weighted by atomic mass is 10.0. The third-order valence-electron chi connectivity index (χ3n) is 3.34. The Morgan fingerprint density at radius 1 is 1.56 bits per heavy atom. The average molecular weight is 225 g/mol. The number of aromatic nitrogens is 2. The lowest BCUT2D eigenvalue weighted by Gasteiger charge is -2.23. The second kappa shape index (κ2) is 4.93. The van der Waals surface area contributed by atoms with Gasteiger partial charge in [-0.1, -0.05) is 19.0 Å². The van der Waals surface area contributed by atoms with Gasteiger partial charge in [-0.05, 0) is 18.9 Å². The zero-order valence-corrected chi connectivity index (χ0v) is 9.89. The van der Waals surface area contributed by atoms with E-state index in [2.05, 4.69) is 22.0 Å². The van der Waals surface area contributed by atoms with E-state index in [-0.39, 0.29) is 12.6 Å². The highest BCUT2D eigenvalue weighted by atomic mass is 16.5. The van der Waals surface area contributed by atoms with Crippen LogP contribution in [0.4, 0.5) is 0 Å². The summed E-state index contributed by atoms with van der Waals surface area (Å²) in [6.07, 6.45) is 1.90. The molecule has 2 rings (SSSR count). The molecule has 0 radical (unpaired) electrons. The van der Waals surface area contributed by atoms with Crippen LogP contribution in [0.3, 0.4) is 0 Å². The van der Waals surface area contributed by atoms with Crippen molar-refractivity contribution in [3.63, 3.8) is 0 Å². The minimum absolute atomic E-state index is 0.208. The summed E-state index contributed by atoms with van der Waals surface area (Å²) in [7, 11) is 0. The molecule has 1 aliphatic heterocycles. The Bertz CT molecular complexity index is 340. The molecule has 2 heterocycles. The van der Waals surface area contributed by atoms with Crippen LogP contribution in [-0.4, -0.2) is 39.3 Å². The molecule has 0 aromatic carbocycles. The van der Waals surface area contributed by atoms with Crippen LogP contribution < -0.4 is 0 Å². The first kappa shape index (κ1) is 11.5. The predicted molar refractivity (Wildman–Crippen MR) is 58.7 cm³/mol. The smallest absolute Gasteiger partial charge is 0.226 e. The van der Waals surface area contributed by atoms with Crippen molar-refractivity contribution in [2.45, 2.75) is 39.3 Å². The van der Waals surface area contributed by atoms with Crippen LogP contribution in [-0.2, 0) is 13.0 Å². The minimum atomic E-state index is 0.208. The van der Waals surface area contributed by atoms with Crippen LogP contribution in [0.25, 0.3) is 0 Å². The highest BCUT2D eigenvalue weighted by Gasteiger charge is 2.31. The number of nitrogens with zero attached hydrogens (tertiary/aromatic N) is 3. The van der Waals surface area contributed by atoms with Crippen molar-refractivity contribution >= 4 is 0 Å². The van der Waals surface area contributed by atoms with E-state index in [9.17, 15) is 5.11 Å². The van der Waals surface area contributed by atoms with Crippen LogP contribution in [0, 0.1) is 5.92 Å². The summed E-state index contributed by atoms with van der Waals surface area (Å²) in [6, 6.07) is 0.239. The third-order valence-corrected chi connectivity index (χ3v) is 3.34. The molecule has 1 saturated heterocycles. The molecule has 16 heavy (non-hydrogen) atoms. The molecule has 2 unspecified atom stereocenters. The van der Waals surface area contributed by atoms with Gasteiger partial charge in [0, 0.05) is 12.5 Å². The Morgan fingerprint density at radius 3 is 3.00 bits per heavy atom. The Balaban J connectivity index is 1.98. The summed E-state index contributed by atoms with van der Waals surface area (Å²) in [6.45, 7) is 6.06. The fourth-order valence-corrected chi connectivity index (χ4v) is 2.26. The maximum Gasteiger partial charge on any atom is 0.226 e. The maximum absolute atomic E-state index is 9.33. The number of hydrogen-bond donors (Lipinski definition) is 1. The number of hydrogen-bond acceptors (Lipinski definition) is 5. The Hall–Kier alpha value is -0.940. The van der Waals surface area contributed by atoms with Gasteiger partial charge in [0.2, 0.25) is 5.89 Å². The van der Waals surface area contributed by atoms with E-state index in [0.717, 1.165) is 25.2 Å². The van der Waals surface area contributed by atoms with E-state index in [0.29, 0.717) is 18.4 Å². The maximum atomic E-state index is 9.33. The van der Waals surface area contributed by atoms with Crippen LogP contribution in [0.15, 0.2) is 4.52 Å². The van der Waals surface area contributed by atoms with Crippen LogP contribution in [0.1, 0.15) is 32.0 Å². The Labute approximate surface area is 95.4 Å². The van der Waals surface area contributed by atoms with E-state index in [4.69, 9.17) is 4.52 Å². The molecular formula is C11H19N3O2. The monoisotopic (exact) mass is 225 g/mol. The number of rotatable bonds is 4. The van der Waals surface area contributed by atoms with Crippen LogP contribution >= 0.6 is 0 Å². The van der Waals surface area contributed by atoms with Gasteiger partial charge in [0.05, 0.1) is 13.2 Å². The molecule has 1 fully saturated rings. The third kappa shape index (κ3) is 2.25. The first-order valence-electron chi connectivity index (χ1n) is 5.91. The van der Waals surface area contributed by atoms with Crippen molar-refractivity contribution in [2.24, 2.45) is 5.92 Å². The summed E-state index contributed by atoms with van der Waals surface area (Å²) >= 11 is 0. The van der Waals surface area contributed by atoms with Gasteiger partial charge in [0.1, 0.15) is 0 Å². The number of likely N-dealkylation sites (tertiary alicyclic amines) is 1. The summed E-state index contributed by atoms with van der Waals surface area (Å²) < 4.78 is 5.07. The molecule has 1 aromatic heterocycles. The number of aliphatic hydroxyl groups excluding tert-OH is 1. The molecule has 0 amide bonds. The molecule has 2 atom stereocenters. The van der Waals surface area contributed by atoms with Gasteiger partial charge < -0.3 is 9.63 Å². The largest absolute Gasteiger partial charge is 0.395 e. The minimum Gasteiger partial charge on any atom is -0.395 e. The van der Waals surface area contributed by atoms with Crippen molar-refractivity contribution in [2.75, 3.05) is 13.2 Å². The van der Waals surface area contributed by atoms with Crippen molar-refractivity contribution in [1.82, 2.24) is 15.0 Å². The highest BCUT2D eigenvalue weighted by molar-refractivity contribution is 4.91. The molecule has 1 aliphatic rings. The summed E-state index contributed by atoms with van der Waals surface area (Å²) in [5.74, 6) is 1.95. The summed E-state index contributed by atoms with van der Waals surface area (Å²) in [4.78, 5) is 6.52. The molecule has 5 heteroatoms. The quantitative estimate of drug-likeness (QED) is 0.822. The van der Waals surface area contributed by atoms with Gasteiger partial charge >= 0.3 is 0 Å². The Kier molecular flexibility index (Phi) is 3.56. The van der Waals surface area contributed by atoms with Crippen molar-refractivity contribution in [3.8, 4) is 0 Å². The molecule has 0 saturated carbocycles. The average Bonchev–Trinajstić information content (AvgIpc) is 2.86. The fraction of sp³-hybridized carbons (Fsp3) is 0.818. The van der Waals surface area contributed by atoms with E-state index < -0.39 is 0 Å². The zero-order valence-electron chi connectivity index (χ0n) is 9.89. The second-order valence-electron chi connectivity index (χ2n) is 4.44. The predicted octanol–water partition coefficient (Wildman–Crippen LogP) is 0.835. The fourth-order valence-electron chi connectivity index (χ4n) is 2.26. The SMILES string of the molecule is CCc1nc(CN2CCC(C)C2CO)no1. The lowest BCUT2D eigenvalue weighted by molar-refractivity contribution is 0.131. The molecule has 0 bridgehead atoms. The van der Waals surface area contributed by atoms with Crippen LogP contribution in [0.2, 0.25) is 0 Å². The molecule has 1 N–H and O–H groups in total. The van der Waals surface area contributed by atoms with Gasteiger partial charge in [-0.15, -0.1) is 0 Å². The summed E-state index contributed by atoms with van der Waals surface area (Å²) in [5.41, 5.74) is 0. The first-order valence-corrected chi connectivity index (χ1v) is 5.91. The molecule has 0 spiro atoms. The lowest BCUT2D eigenvalue weighted by Crippen LogP contribution is -2.34. The Morgan fingerprint density at radius 2 is 2.38 bits per heavy atom. The topological polar surface area (TPSA) is 62.4 Å². The van der Waals surface area contributed by atoms with Gasteiger partial charge in [-0.25, -0.2) is 0 Å². The van der Waals surface area contributed by atoms with E-state index in [1.54, 1.807) is 0 Å². The zero-order chi connectivity index (χ0) is 11.5. The van der Waals surface area contributed by atoms with E-state index in [1.165, 1.54) is 0 Å². The van der Waals surface area contributed by atoms with Gasteiger partial charge in [0.25, 0.3) is 0 Å². The van der Waals surface area contributed by atoms with Gasteiger partial charge in [0.15, 0.2) is 5.82 Å². The molecule has 1 aromatic rings. The number of aliphatic hydroxyl groups is 1. The van der Waals surface area contributed by atoms with Crippen molar-refractivity contribution in [1.29, 1.82) is 0 Å². The number of aryl methyl sites for hydroxylation is 1. The highest BCUT2D eigenvalue weighted by Crippen LogP contribution is 2.24. The molecule has 90 valence electrons. The molecule has 0 aliphatic carbocycles. The molecular weight excluding hydrogens is 206 g/mol. The second-order valence-corrected chi connectivity index (χ2v) is 4.44. The van der Waals surface area contributed by atoms with Gasteiger partial charge in [-0.2, -0.15) is 4.98 Å².